The zero-order chi connectivity index (χ0) is 22.8. The Bertz CT molecular complexity index is 741. The van der Waals surface area contributed by atoms with Crippen molar-refractivity contribution in [1.82, 2.24) is 0 Å². The Hall–Kier alpha value is -0.640. The zero-order valence-electron chi connectivity index (χ0n) is 20.6. The van der Waals surface area contributed by atoms with E-state index < -0.39 is 17.8 Å². The van der Waals surface area contributed by atoms with Gasteiger partial charge in [0.15, 0.2) is 0 Å². The third-order valence-corrected chi connectivity index (χ3v) is 10.7. The molecule has 3 heteroatoms. The largest absolute Gasteiger partial charge is 0.393 e. The minimum atomic E-state index is -1.20. The fourth-order valence-electron chi connectivity index (χ4n) is 8.16. The lowest BCUT2D eigenvalue weighted by molar-refractivity contribution is -0.210. The molecule has 10 atom stereocenters. The van der Waals surface area contributed by atoms with Crippen LogP contribution in [0.5, 0.6) is 0 Å². The quantitative estimate of drug-likeness (QED) is 0.516. The van der Waals surface area contributed by atoms with Gasteiger partial charge in [-0.25, -0.2) is 0 Å². The van der Waals surface area contributed by atoms with Crippen molar-refractivity contribution in [3.8, 4) is 0 Å². The maximum Gasteiger partial charge on any atom is 0.102 e. The highest BCUT2D eigenvalue weighted by atomic mass is 16.3. The van der Waals surface area contributed by atoms with Gasteiger partial charge in [0.25, 0.3) is 0 Å². The van der Waals surface area contributed by atoms with Gasteiger partial charge in [0.2, 0.25) is 0 Å². The van der Waals surface area contributed by atoms with Gasteiger partial charge in [-0.2, -0.15) is 0 Å². The van der Waals surface area contributed by atoms with Crippen LogP contribution >= 0.6 is 0 Å². The second-order valence-electron chi connectivity index (χ2n) is 12.5. The van der Waals surface area contributed by atoms with Gasteiger partial charge >= 0.3 is 0 Å². The van der Waals surface area contributed by atoms with E-state index in [1.54, 1.807) is 0 Å². The summed E-state index contributed by atoms with van der Waals surface area (Å²) in [7, 11) is 0. The first-order chi connectivity index (χ1) is 14.4. The Morgan fingerprint density at radius 3 is 2.32 bits per heavy atom. The van der Waals surface area contributed by atoms with E-state index in [1.165, 1.54) is 24.8 Å². The molecule has 4 aliphatic rings. The summed E-state index contributed by atoms with van der Waals surface area (Å²) in [5.74, 6) is 3.37. The van der Waals surface area contributed by atoms with Crippen molar-refractivity contribution in [1.29, 1.82) is 0 Å². The van der Waals surface area contributed by atoms with Crippen molar-refractivity contribution in [2.45, 2.75) is 104 Å². The maximum absolute atomic E-state index is 11.6. The van der Waals surface area contributed by atoms with E-state index in [1.807, 2.05) is 6.08 Å². The SMILES string of the molecule is CC(C)[C@@H](C)/C=C/[C@@H](C)C1CCC2C3=CC(O)C4(O)CC(O)CC[C@@]4(C)[C@H]3CCC21C. The minimum Gasteiger partial charge on any atom is -0.393 e. The van der Waals surface area contributed by atoms with E-state index in [4.69, 9.17) is 0 Å². The van der Waals surface area contributed by atoms with Crippen LogP contribution in [0.4, 0.5) is 0 Å². The maximum atomic E-state index is 11.6. The van der Waals surface area contributed by atoms with Crippen molar-refractivity contribution in [2.24, 2.45) is 46.3 Å². The first-order valence-electron chi connectivity index (χ1n) is 12.9. The second kappa shape index (κ2) is 7.99. The number of allylic oxidation sites excluding steroid dienone is 3. The number of aliphatic hydroxyl groups excluding tert-OH is 2. The van der Waals surface area contributed by atoms with Crippen LogP contribution in [-0.2, 0) is 0 Å². The first kappa shape index (κ1) is 23.5. The molecule has 3 nitrogen and oxygen atoms in total. The summed E-state index contributed by atoms with van der Waals surface area (Å²) < 4.78 is 0. The highest BCUT2D eigenvalue weighted by Gasteiger charge is 2.64. The molecule has 3 fully saturated rings. The molecule has 0 amide bonds. The van der Waals surface area contributed by atoms with E-state index in [2.05, 4.69) is 53.7 Å². The van der Waals surface area contributed by atoms with Gasteiger partial charge in [-0.15, -0.1) is 0 Å². The monoisotopic (exact) mass is 430 g/mol. The molecule has 6 unspecified atom stereocenters. The van der Waals surface area contributed by atoms with Gasteiger partial charge in [-0.3, -0.25) is 0 Å². The van der Waals surface area contributed by atoms with E-state index >= 15 is 0 Å². The van der Waals surface area contributed by atoms with E-state index in [9.17, 15) is 15.3 Å². The fourth-order valence-corrected chi connectivity index (χ4v) is 8.16. The van der Waals surface area contributed by atoms with E-state index in [0.717, 1.165) is 19.3 Å². The lowest BCUT2D eigenvalue weighted by Crippen LogP contribution is -2.65. The molecule has 4 aliphatic carbocycles. The third kappa shape index (κ3) is 3.49. The number of hydrogen-bond donors (Lipinski definition) is 3. The van der Waals surface area contributed by atoms with Crippen molar-refractivity contribution < 1.29 is 15.3 Å². The number of fused-ring (bicyclic) bond motifs is 5. The van der Waals surface area contributed by atoms with Crippen LogP contribution in [0.25, 0.3) is 0 Å². The predicted octanol–water partition coefficient (Wildman–Crippen LogP) is 5.50. The van der Waals surface area contributed by atoms with Crippen LogP contribution < -0.4 is 0 Å². The molecule has 176 valence electrons. The van der Waals surface area contributed by atoms with Crippen LogP contribution in [-0.4, -0.2) is 33.1 Å². The Balaban J connectivity index is 1.61. The Labute approximate surface area is 190 Å². The Morgan fingerprint density at radius 2 is 1.65 bits per heavy atom. The molecule has 0 aromatic rings. The molecule has 0 saturated heterocycles. The standard InChI is InChI=1S/C28H46O3/c1-17(2)18(3)7-8-19(4)22-9-10-23-21-15-25(30)28(31)16-20(29)11-14-27(28,6)24(21)12-13-26(22,23)5/h7-8,15,17-20,22-25,29-31H,9-14,16H2,1-6H3/b8-7+/t18-,19+,20?,22?,23?,24-,25?,26?,27-,28?/m0/s1. The molecule has 0 radical (unpaired) electrons. The summed E-state index contributed by atoms with van der Waals surface area (Å²) in [6.07, 6.45) is 12.1. The molecule has 0 spiro atoms. The van der Waals surface area contributed by atoms with Crippen molar-refractivity contribution in [3.63, 3.8) is 0 Å². The molecule has 4 rings (SSSR count). The van der Waals surface area contributed by atoms with Crippen LogP contribution in [0.2, 0.25) is 0 Å². The normalized spacial score (nSPS) is 49.4. The van der Waals surface area contributed by atoms with Gasteiger partial charge in [0.1, 0.15) is 11.7 Å². The molecule has 3 saturated carbocycles. The minimum absolute atomic E-state index is 0.271. The number of hydrogen-bond acceptors (Lipinski definition) is 3. The van der Waals surface area contributed by atoms with Crippen LogP contribution in [0.15, 0.2) is 23.8 Å². The molecule has 0 aliphatic heterocycles. The summed E-state index contributed by atoms with van der Waals surface area (Å²) in [6, 6.07) is 0. The van der Waals surface area contributed by atoms with Crippen LogP contribution in [0, 0.1) is 46.3 Å². The number of rotatable bonds is 4. The van der Waals surface area contributed by atoms with Gasteiger partial charge < -0.3 is 15.3 Å². The van der Waals surface area contributed by atoms with Gasteiger partial charge in [-0.1, -0.05) is 65.3 Å². The summed E-state index contributed by atoms with van der Waals surface area (Å²) >= 11 is 0. The third-order valence-electron chi connectivity index (χ3n) is 10.7. The molecular weight excluding hydrogens is 384 g/mol. The summed E-state index contributed by atoms with van der Waals surface area (Å²) in [6.45, 7) is 14.0. The smallest absolute Gasteiger partial charge is 0.102 e. The van der Waals surface area contributed by atoms with Crippen molar-refractivity contribution in [3.05, 3.63) is 23.8 Å². The molecular formula is C28H46O3. The van der Waals surface area contributed by atoms with Gasteiger partial charge in [0.05, 0.1) is 6.10 Å². The van der Waals surface area contributed by atoms with Crippen LogP contribution in [0.1, 0.15) is 86.5 Å². The number of aliphatic hydroxyl groups is 3. The molecule has 0 bridgehead atoms. The Kier molecular flexibility index (Phi) is 6.06. The fraction of sp³-hybridized carbons (Fsp3) is 0.857. The average Bonchev–Trinajstić information content (AvgIpc) is 3.05. The topological polar surface area (TPSA) is 60.7 Å². The highest BCUT2D eigenvalue weighted by Crippen LogP contribution is 2.67. The highest BCUT2D eigenvalue weighted by molar-refractivity contribution is 5.33. The molecule has 0 aromatic carbocycles. The van der Waals surface area contributed by atoms with E-state index in [-0.39, 0.29) is 10.8 Å². The lowest BCUT2D eigenvalue weighted by Gasteiger charge is -2.62. The summed E-state index contributed by atoms with van der Waals surface area (Å²) in [5.41, 5.74) is 0.160. The summed E-state index contributed by atoms with van der Waals surface area (Å²) in [4.78, 5) is 0. The molecule has 31 heavy (non-hydrogen) atoms. The van der Waals surface area contributed by atoms with Crippen LogP contribution in [0.3, 0.4) is 0 Å². The van der Waals surface area contributed by atoms with Gasteiger partial charge in [-0.05, 0) is 79.4 Å². The summed E-state index contributed by atoms with van der Waals surface area (Å²) in [5, 5.41) is 32.9. The zero-order valence-corrected chi connectivity index (χ0v) is 20.6. The lowest BCUT2D eigenvalue weighted by atomic mass is 9.45. The van der Waals surface area contributed by atoms with Crippen molar-refractivity contribution >= 4 is 0 Å². The first-order valence-corrected chi connectivity index (χ1v) is 12.9. The van der Waals surface area contributed by atoms with Crippen molar-refractivity contribution in [2.75, 3.05) is 0 Å². The second-order valence-corrected chi connectivity index (χ2v) is 12.5. The van der Waals surface area contributed by atoms with Gasteiger partial charge in [0, 0.05) is 11.8 Å². The average molecular weight is 431 g/mol. The molecule has 0 aromatic heterocycles. The predicted molar refractivity (Wildman–Crippen MR) is 126 cm³/mol. The molecule has 0 heterocycles. The molecule has 3 N–H and O–H groups in total. The van der Waals surface area contributed by atoms with E-state index in [0.29, 0.717) is 41.9 Å². The Morgan fingerprint density at radius 1 is 0.935 bits per heavy atom.